The zero-order chi connectivity index (χ0) is 13.4. The number of hydrogen-bond donors (Lipinski definition) is 1. The largest absolute Gasteiger partial charge is 0.345 e. The van der Waals surface area contributed by atoms with Crippen molar-refractivity contribution in [2.75, 3.05) is 0 Å². The molecule has 0 unspecified atom stereocenters. The summed E-state index contributed by atoms with van der Waals surface area (Å²) in [4.78, 5) is 19.7. The van der Waals surface area contributed by atoms with Gasteiger partial charge in [-0.15, -0.1) is 0 Å². The van der Waals surface area contributed by atoms with Gasteiger partial charge in [0.2, 0.25) is 0 Å². The van der Waals surface area contributed by atoms with Crippen LogP contribution in [-0.4, -0.2) is 15.8 Å². The highest BCUT2D eigenvalue weighted by Crippen LogP contribution is 2.23. The molecule has 5 heteroatoms. The minimum Gasteiger partial charge on any atom is -0.345 e. The van der Waals surface area contributed by atoms with Crippen LogP contribution in [0.4, 0.5) is 0 Å². The number of benzene rings is 1. The second kappa shape index (κ2) is 4.79. The Morgan fingerprint density at radius 1 is 1.32 bits per heavy atom. The standard InChI is InChI=1S/C14H8BrClN2O/c15-9-5-11-12(7-18-14(11)17-6-9)13(19)8-2-1-3-10(16)4-8/h1-7H,(H,17,18). The van der Waals surface area contributed by atoms with Gasteiger partial charge in [-0.25, -0.2) is 4.98 Å². The number of rotatable bonds is 2. The van der Waals surface area contributed by atoms with Crippen LogP contribution in [0.2, 0.25) is 5.02 Å². The number of carbonyl (C=O) groups is 1. The number of H-pyrrole nitrogens is 1. The number of nitrogens with one attached hydrogen (secondary N) is 1. The van der Waals surface area contributed by atoms with Crippen LogP contribution in [0.25, 0.3) is 11.0 Å². The van der Waals surface area contributed by atoms with E-state index in [2.05, 4.69) is 25.9 Å². The molecule has 1 aromatic carbocycles. The van der Waals surface area contributed by atoms with E-state index in [-0.39, 0.29) is 5.78 Å². The Hall–Kier alpha value is -1.65. The summed E-state index contributed by atoms with van der Waals surface area (Å²) >= 11 is 9.27. The molecule has 0 spiro atoms. The van der Waals surface area contributed by atoms with Crippen molar-refractivity contribution < 1.29 is 4.79 Å². The lowest BCUT2D eigenvalue weighted by Gasteiger charge is -2.00. The fourth-order valence-electron chi connectivity index (χ4n) is 1.95. The van der Waals surface area contributed by atoms with E-state index in [9.17, 15) is 4.79 Å². The molecule has 2 heterocycles. The molecule has 0 atom stereocenters. The van der Waals surface area contributed by atoms with Crippen LogP contribution in [-0.2, 0) is 0 Å². The molecule has 0 radical (unpaired) electrons. The van der Waals surface area contributed by atoms with Crippen molar-refractivity contribution in [2.24, 2.45) is 0 Å². The normalized spacial score (nSPS) is 10.8. The van der Waals surface area contributed by atoms with Gasteiger partial charge in [0.05, 0.1) is 0 Å². The predicted molar refractivity (Wildman–Crippen MR) is 78.7 cm³/mol. The Bertz CT molecular complexity index is 782. The minimum absolute atomic E-state index is 0.0753. The summed E-state index contributed by atoms with van der Waals surface area (Å²) in [6, 6.07) is 8.79. The highest BCUT2D eigenvalue weighted by atomic mass is 79.9. The number of aromatic nitrogens is 2. The van der Waals surface area contributed by atoms with Crippen LogP contribution < -0.4 is 0 Å². The van der Waals surface area contributed by atoms with Gasteiger partial charge in [-0.2, -0.15) is 0 Å². The van der Waals surface area contributed by atoms with Gasteiger partial charge in [-0.3, -0.25) is 4.79 Å². The van der Waals surface area contributed by atoms with E-state index >= 15 is 0 Å². The zero-order valence-electron chi connectivity index (χ0n) is 9.65. The van der Waals surface area contributed by atoms with Gasteiger partial charge >= 0.3 is 0 Å². The Kier molecular flexibility index (Phi) is 3.12. The molecule has 0 aliphatic rings. The summed E-state index contributed by atoms with van der Waals surface area (Å²) < 4.78 is 0.833. The van der Waals surface area contributed by atoms with E-state index in [0.29, 0.717) is 21.8 Å². The van der Waals surface area contributed by atoms with Gasteiger partial charge in [0, 0.05) is 38.4 Å². The first-order chi connectivity index (χ1) is 9.15. The van der Waals surface area contributed by atoms with Crippen LogP contribution in [0.15, 0.2) is 47.2 Å². The van der Waals surface area contributed by atoms with Crippen molar-refractivity contribution in [2.45, 2.75) is 0 Å². The summed E-state index contributed by atoms with van der Waals surface area (Å²) in [6.07, 6.45) is 3.36. The molecule has 3 aromatic rings. The molecule has 2 aromatic heterocycles. The third-order valence-electron chi connectivity index (χ3n) is 2.83. The van der Waals surface area contributed by atoms with Crippen molar-refractivity contribution in [3.8, 4) is 0 Å². The molecule has 0 saturated heterocycles. The summed E-state index contributed by atoms with van der Waals surface area (Å²) in [6.45, 7) is 0. The van der Waals surface area contributed by atoms with Gasteiger partial charge in [-0.1, -0.05) is 23.7 Å². The number of nitrogens with zero attached hydrogens (tertiary/aromatic N) is 1. The fraction of sp³-hybridized carbons (Fsp3) is 0. The van der Waals surface area contributed by atoms with E-state index in [4.69, 9.17) is 11.6 Å². The second-order valence-electron chi connectivity index (χ2n) is 4.09. The number of fused-ring (bicyclic) bond motifs is 1. The fourth-order valence-corrected chi connectivity index (χ4v) is 2.47. The minimum atomic E-state index is -0.0753. The molecule has 0 amide bonds. The quantitative estimate of drug-likeness (QED) is 0.713. The number of carbonyl (C=O) groups excluding carboxylic acids is 1. The maximum Gasteiger partial charge on any atom is 0.195 e. The summed E-state index contributed by atoms with van der Waals surface area (Å²) in [5.41, 5.74) is 1.84. The van der Waals surface area contributed by atoms with E-state index in [1.54, 1.807) is 36.7 Å². The molecule has 19 heavy (non-hydrogen) atoms. The average Bonchev–Trinajstić information content (AvgIpc) is 2.80. The Balaban J connectivity index is 2.14. The third-order valence-corrected chi connectivity index (χ3v) is 3.50. The lowest BCUT2D eigenvalue weighted by molar-refractivity contribution is 0.104. The lowest BCUT2D eigenvalue weighted by Crippen LogP contribution is -2.00. The highest BCUT2D eigenvalue weighted by molar-refractivity contribution is 9.10. The maximum atomic E-state index is 12.5. The smallest absolute Gasteiger partial charge is 0.195 e. The van der Waals surface area contributed by atoms with Crippen molar-refractivity contribution in [3.63, 3.8) is 0 Å². The monoisotopic (exact) mass is 334 g/mol. The van der Waals surface area contributed by atoms with Crippen LogP contribution in [0.1, 0.15) is 15.9 Å². The SMILES string of the molecule is O=C(c1cccc(Cl)c1)c1c[nH]c2ncc(Br)cc12. The average molecular weight is 336 g/mol. The second-order valence-corrected chi connectivity index (χ2v) is 5.44. The Morgan fingerprint density at radius 2 is 2.16 bits per heavy atom. The van der Waals surface area contributed by atoms with Crippen molar-refractivity contribution in [1.82, 2.24) is 9.97 Å². The van der Waals surface area contributed by atoms with Crippen LogP contribution >= 0.6 is 27.5 Å². The molecule has 0 bridgehead atoms. The van der Waals surface area contributed by atoms with Crippen LogP contribution in [0.5, 0.6) is 0 Å². The molecule has 0 aliphatic heterocycles. The highest BCUT2D eigenvalue weighted by Gasteiger charge is 2.15. The molecule has 1 N–H and O–H groups in total. The number of hydrogen-bond acceptors (Lipinski definition) is 2. The molecular formula is C14H8BrClN2O. The number of ketones is 1. The molecular weight excluding hydrogens is 328 g/mol. The number of aromatic amines is 1. The topological polar surface area (TPSA) is 45.8 Å². The first kappa shape index (κ1) is 12.4. The van der Waals surface area contributed by atoms with Crippen molar-refractivity contribution in [1.29, 1.82) is 0 Å². The molecule has 0 saturated carbocycles. The van der Waals surface area contributed by atoms with Gasteiger partial charge in [-0.05, 0) is 34.1 Å². The van der Waals surface area contributed by atoms with E-state index in [0.717, 1.165) is 9.86 Å². The molecule has 0 fully saturated rings. The zero-order valence-corrected chi connectivity index (χ0v) is 12.0. The lowest BCUT2D eigenvalue weighted by atomic mass is 10.0. The Labute approximate surface area is 122 Å². The number of halogens is 2. The van der Waals surface area contributed by atoms with E-state index in [1.165, 1.54) is 0 Å². The molecule has 0 aliphatic carbocycles. The Morgan fingerprint density at radius 3 is 2.95 bits per heavy atom. The van der Waals surface area contributed by atoms with Gasteiger partial charge in [0.1, 0.15) is 5.65 Å². The van der Waals surface area contributed by atoms with Crippen LogP contribution in [0, 0.1) is 0 Å². The van der Waals surface area contributed by atoms with E-state index < -0.39 is 0 Å². The van der Waals surface area contributed by atoms with Crippen molar-refractivity contribution in [3.05, 3.63) is 63.3 Å². The first-order valence-corrected chi connectivity index (χ1v) is 6.75. The summed E-state index contributed by atoms with van der Waals surface area (Å²) in [5, 5.41) is 1.34. The van der Waals surface area contributed by atoms with Gasteiger partial charge < -0.3 is 4.98 Å². The summed E-state index contributed by atoms with van der Waals surface area (Å²) in [7, 11) is 0. The first-order valence-electron chi connectivity index (χ1n) is 5.58. The van der Waals surface area contributed by atoms with Crippen LogP contribution in [0.3, 0.4) is 0 Å². The summed E-state index contributed by atoms with van der Waals surface area (Å²) in [5.74, 6) is -0.0753. The van der Waals surface area contributed by atoms with Gasteiger partial charge in [0.15, 0.2) is 5.78 Å². The number of pyridine rings is 1. The predicted octanol–water partition coefficient (Wildman–Crippen LogP) is 4.21. The maximum absolute atomic E-state index is 12.5. The van der Waals surface area contributed by atoms with E-state index in [1.807, 2.05) is 6.07 Å². The molecule has 94 valence electrons. The van der Waals surface area contributed by atoms with Gasteiger partial charge in [0.25, 0.3) is 0 Å². The third kappa shape index (κ3) is 2.29. The molecule has 3 rings (SSSR count). The molecule has 3 nitrogen and oxygen atoms in total. The van der Waals surface area contributed by atoms with Crippen molar-refractivity contribution >= 4 is 44.3 Å².